The highest BCUT2D eigenvalue weighted by Gasteiger charge is 2.47. The van der Waals surface area contributed by atoms with E-state index in [1.807, 2.05) is 40.1 Å². The van der Waals surface area contributed by atoms with Gasteiger partial charge in [0.2, 0.25) is 11.7 Å². The number of hydrogen-bond donors (Lipinski definition) is 1. The van der Waals surface area contributed by atoms with Crippen molar-refractivity contribution in [1.82, 2.24) is 14.7 Å². The Labute approximate surface area is 317 Å². The third kappa shape index (κ3) is 7.53. The third-order valence-corrected chi connectivity index (χ3v) is 12.0. The van der Waals surface area contributed by atoms with E-state index in [-0.39, 0.29) is 17.2 Å². The number of nitrogens with zero attached hydrogens (tertiary/aromatic N) is 3. The average molecular weight is 744 g/mol. The van der Waals surface area contributed by atoms with Gasteiger partial charge in [-0.05, 0) is 93.6 Å². The van der Waals surface area contributed by atoms with E-state index in [9.17, 15) is 19.5 Å². The Morgan fingerprint density at radius 1 is 0.685 bits per heavy atom. The van der Waals surface area contributed by atoms with Crippen LogP contribution in [-0.2, 0) is 20.4 Å². The molecule has 0 spiro atoms. The largest absolute Gasteiger partial charge is 0.493 e. The molecule has 0 aromatic heterocycles. The van der Waals surface area contributed by atoms with Crippen LogP contribution >= 0.6 is 0 Å². The first-order valence-corrected chi connectivity index (χ1v) is 18.7. The molecule has 3 saturated heterocycles. The molecule has 3 heterocycles. The minimum absolute atomic E-state index is 0.107. The minimum atomic E-state index is -0.782. The van der Waals surface area contributed by atoms with Crippen molar-refractivity contribution in [2.24, 2.45) is 5.92 Å². The Morgan fingerprint density at radius 2 is 1.31 bits per heavy atom. The molecule has 0 radical (unpaired) electrons. The summed E-state index contributed by atoms with van der Waals surface area (Å²) in [5, 5.41) is 9.54. The summed E-state index contributed by atoms with van der Waals surface area (Å²) in [5.74, 6) is 1.37. The Morgan fingerprint density at radius 3 is 1.89 bits per heavy atom. The van der Waals surface area contributed by atoms with E-state index >= 15 is 0 Å². The highest BCUT2D eigenvalue weighted by Crippen LogP contribution is 2.44. The van der Waals surface area contributed by atoms with Crippen LogP contribution in [0.25, 0.3) is 0 Å². The maximum absolute atomic E-state index is 14.4. The Bertz CT molecular complexity index is 1780. The van der Waals surface area contributed by atoms with Crippen LogP contribution in [0.3, 0.4) is 0 Å². The number of benzene rings is 3. The van der Waals surface area contributed by atoms with Crippen LogP contribution in [0.5, 0.6) is 28.7 Å². The van der Waals surface area contributed by atoms with Crippen molar-refractivity contribution in [3.8, 4) is 28.7 Å². The summed E-state index contributed by atoms with van der Waals surface area (Å²) in [6.07, 6.45) is 3.85. The number of aliphatic carboxylic acids is 1. The van der Waals surface area contributed by atoms with Crippen molar-refractivity contribution < 1.29 is 43.2 Å². The number of carboxylic acid groups (broad SMARTS) is 1. The standard InChI is InChI=1S/C42H53N3O9/c1-50-33-12-11-32(27-34(33)51-2)41(16-24-45(28-41)38(46)30-25-35(52-3)37(54-5)36(26-30)53-4)15-21-43-22-17-42(18-23-43,31-9-7-6-8-10-31)40(49)44-19-13-29(14-20-44)39(47)48/h6-12,25-27,29H,13-24,28H2,1-5H3,(H,47,48). The van der Waals surface area contributed by atoms with E-state index < -0.39 is 17.3 Å². The minimum Gasteiger partial charge on any atom is -0.493 e. The molecule has 6 rings (SSSR count). The molecule has 1 N–H and O–H groups in total. The predicted molar refractivity (Wildman–Crippen MR) is 203 cm³/mol. The molecule has 54 heavy (non-hydrogen) atoms. The lowest BCUT2D eigenvalue weighted by Gasteiger charge is -2.45. The van der Waals surface area contributed by atoms with Gasteiger partial charge in [0.25, 0.3) is 5.91 Å². The van der Waals surface area contributed by atoms with Gasteiger partial charge in [0.15, 0.2) is 23.0 Å². The van der Waals surface area contributed by atoms with Gasteiger partial charge in [-0.3, -0.25) is 14.4 Å². The zero-order chi connectivity index (χ0) is 38.5. The first-order valence-electron chi connectivity index (χ1n) is 18.7. The molecule has 1 unspecified atom stereocenters. The monoisotopic (exact) mass is 743 g/mol. The topological polar surface area (TPSA) is 127 Å². The van der Waals surface area contributed by atoms with E-state index in [0.717, 1.165) is 43.6 Å². The number of rotatable bonds is 13. The molecule has 0 saturated carbocycles. The van der Waals surface area contributed by atoms with Crippen molar-refractivity contribution >= 4 is 17.8 Å². The molecule has 3 aromatic rings. The molecule has 3 aliphatic heterocycles. The summed E-state index contributed by atoms with van der Waals surface area (Å²) in [5.41, 5.74) is 1.53. The van der Waals surface area contributed by atoms with Crippen LogP contribution in [-0.4, -0.2) is 119 Å². The van der Waals surface area contributed by atoms with Crippen molar-refractivity contribution in [3.05, 3.63) is 77.4 Å². The van der Waals surface area contributed by atoms with Crippen LogP contribution in [0.1, 0.15) is 60.0 Å². The smallest absolute Gasteiger partial charge is 0.306 e. The molecule has 2 amide bonds. The molecule has 12 heteroatoms. The molecule has 3 aromatic carbocycles. The lowest BCUT2D eigenvalue weighted by atomic mass is 9.71. The number of likely N-dealkylation sites (tertiary alicyclic amines) is 3. The van der Waals surface area contributed by atoms with Gasteiger partial charge in [-0.15, -0.1) is 0 Å². The maximum Gasteiger partial charge on any atom is 0.306 e. The van der Waals surface area contributed by atoms with E-state index in [1.165, 1.54) is 21.3 Å². The zero-order valence-corrected chi connectivity index (χ0v) is 32.1. The van der Waals surface area contributed by atoms with Gasteiger partial charge < -0.3 is 43.5 Å². The molecule has 290 valence electrons. The van der Waals surface area contributed by atoms with Gasteiger partial charge in [-0.25, -0.2) is 0 Å². The number of amides is 2. The molecule has 0 aliphatic carbocycles. The van der Waals surface area contributed by atoms with Crippen molar-refractivity contribution in [3.63, 3.8) is 0 Å². The van der Waals surface area contributed by atoms with E-state index in [4.69, 9.17) is 23.7 Å². The number of hydrogen-bond acceptors (Lipinski definition) is 9. The molecule has 1 atom stereocenters. The Hall–Kier alpha value is -4.97. The second-order valence-electron chi connectivity index (χ2n) is 14.7. The summed E-state index contributed by atoms with van der Waals surface area (Å²) in [4.78, 5) is 46.4. The second kappa shape index (κ2) is 16.6. The van der Waals surface area contributed by atoms with Gasteiger partial charge >= 0.3 is 5.97 Å². The molecule has 12 nitrogen and oxygen atoms in total. The Kier molecular flexibility index (Phi) is 11.9. The van der Waals surface area contributed by atoms with Crippen LogP contribution in [0.15, 0.2) is 60.7 Å². The summed E-state index contributed by atoms with van der Waals surface area (Å²) >= 11 is 0. The summed E-state index contributed by atoms with van der Waals surface area (Å²) in [7, 11) is 7.86. The summed E-state index contributed by atoms with van der Waals surface area (Å²) in [6.45, 7) is 4.26. The van der Waals surface area contributed by atoms with E-state index in [0.29, 0.717) is 86.2 Å². The number of piperidine rings is 2. The van der Waals surface area contributed by atoms with Gasteiger partial charge in [0.05, 0.1) is 46.9 Å². The average Bonchev–Trinajstić information content (AvgIpc) is 3.67. The maximum atomic E-state index is 14.4. The number of ether oxygens (including phenoxy) is 5. The van der Waals surface area contributed by atoms with Crippen LogP contribution < -0.4 is 23.7 Å². The molecule has 3 fully saturated rings. The number of carboxylic acids is 1. The summed E-state index contributed by atoms with van der Waals surface area (Å²) < 4.78 is 27.9. The molecular formula is C42H53N3O9. The van der Waals surface area contributed by atoms with Crippen LogP contribution in [0, 0.1) is 5.92 Å². The van der Waals surface area contributed by atoms with Gasteiger partial charge in [0.1, 0.15) is 0 Å². The van der Waals surface area contributed by atoms with Gasteiger partial charge in [0, 0.05) is 37.2 Å². The molecule has 0 bridgehead atoms. The number of carbonyl (C=O) groups is 3. The number of carbonyl (C=O) groups excluding carboxylic acids is 2. The van der Waals surface area contributed by atoms with Crippen molar-refractivity contribution in [2.75, 3.05) is 81.4 Å². The van der Waals surface area contributed by atoms with Gasteiger partial charge in [-0.2, -0.15) is 0 Å². The fourth-order valence-electron chi connectivity index (χ4n) is 8.73. The second-order valence-corrected chi connectivity index (χ2v) is 14.7. The normalized spacial score (nSPS) is 20.3. The SMILES string of the molecule is COc1ccc(C2(CCN3CCC(C(=O)N4CCC(C(=O)O)CC4)(c4ccccc4)CC3)CCN(C(=O)c3cc(OC)c(OC)c(OC)c3)C2)cc1OC. The molecule has 3 aliphatic rings. The van der Waals surface area contributed by atoms with Crippen LogP contribution in [0.2, 0.25) is 0 Å². The first-order chi connectivity index (χ1) is 26.1. The van der Waals surface area contributed by atoms with Crippen molar-refractivity contribution in [1.29, 1.82) is 0 Å². The zero-order valence-electron chi connectivity index (χ0n) is 32.1. The fraction of sp³-hybridized carbons (Fsp3) is 0.500. The fourth-order valence-corrected chi connectivity index (χ4v) is 8.73. The van der Waals surface area contributed by atoms with E-state index in [1.54, 1.807) is 26.4 Å². The Balaban J connectivity index is 1.22. The quantitative estimate of drug-likeness (QED) is 0.248. The predicted octanol–water partition coefficient (Wildman–Crippen LogP) is 5.26. The molecular weight excluding hydrogens is 690 g/mol. The highest BCUT2D eigenvalue weighted by molar-refractivity contribution is 5.96. The van der Waals surface area contributed by atoms with E-state index in [2.05, 4.69) is 23.1 Å². The van der Waals surface area contributed by atoms with Crippen molar-refractivity contribution in [2.45, 2.75) is 49.4 Å². The third-order valence-electron chi connectivity index (χ3n) is 12.0. The summed E-state index contributed by atoms with van der Waals surface area (Å²) in [6, 6.07) is 19.5. The number of methoxy groups -OCH3 is 5. The van der Waals surface area contributed by atoms with Crippen LogP contribution in [0.4, 0.5) is 0 Å². The lowest BCUT2D eigenvalue weighted by Crippen LogP contribution is -2.55. The first kappa shape index (κ1) is 38.7. The van der Waals surface area contributed by atoms with Gasteiger partial charge in [-0.1, -0.05) is 36.4 Å². The highest BCUT2D eigenvalue weighted by atomic mass is 16.5. The lowest BCUT2D eigenvalue weighted by molar-refractivity contribution is -0.148.